The predicted octanol–water partition coefficient (Wildman–Crippen LogP) is 3.64. The number of nitrogens with one attached hydrogen (secondary N) is 2. The van der Waals surface area contributed by atoms with E-state index in [1.807, 2.05) is 23.2 Å². The molecule has 1 unspecified atom stereocenters. The first-order valence-electron chi connectivity index (χ1n) is 11.5. The van der Waals surface area contributed by atoms with Gasteiger partial charge in [0.05, 0.1) is 11.4 Å². The number of benzene rings is 1. The van der Waals surface area contributed by atoms with E-state index in [1.54, 1.807) is 37.2 Å². The number of nitrogens with zero attached hydrogens (tertiary/aromatic N) is 4. The SMILES string of the molecule is C=CCN1C(O)c2cnc(Nc3ccc4c(c3)CNCC4)cc2N1c1cccc(C(C)(C)O)n1. The third-order valence-corrected chi connectivity index (χ3v) is 6.22. The maximum Gasteiger partial charge on any atom is 0.154 e. The van der Waals surface area contributed by atoms with Gasteiger partial charge >= 0.3 is 0 Å². The number of pyridine rings is 2. The molecule has 8 heteroatoms. The van der Waals surface area contributed by atoms with Crippen molar-refractivity contribution in [1.29, 1.82) is 0 Å². The highest BCUT2D eigenvalue weighted by molar-refractivity contribution is 5.71. The zero-order valence-electron chi connectivity index (χ0n) is 19.5. The number of aromatic nitrogens is 2. The van der Waals surface area contributed by atoms with E-state index in [-0.39, 0.29) is 0 Å². The molecule has 2 aliphatic heterocycles. The maximum absolute atomic E-state index is 11.0. The van der Waals surface area contributed by atoms with Crippen LogP contribution in [0.3, 0.4) is 0 Å². The normalized spacial score (nSPS) is 17.9. The maximum atomic E-state index is 11.0. The van der Waals surface area contributed by atoms with E-state index >= 15 is 0 Å². The predicted molar refractivity (Wildman–Crippen MR) is 133 cm³/mol. The van der Waals surface area contributed by atoms with Crippen LogP contribution in [-0.4, -0.2) is 38.3 Å². The molecule has 0 bridgehead atoms. The minimum Gasteiger partial charge on any atom is -0.384 e. The van der Waals surface area contributed by atoms with Crippen LogP contribution in [-0.2, 0) is 18.6 Å². The van der Waals surface area contributed by atoms with Crippen molar-refractivity contribution >= 4 is 23.0 Å². The van der Waals surface area contributed by atoms with Crippen molar-refractivity contribution in [1.82, 2.24) is 20.3 Å². The summed E-state index contributed by atoms with van der Waals surface area (Å²) in [6.45, 7) is 9.52. The molecule has 3 aromatic rings. The van der Waals surface area contributed by atoms with Crippen molar-refractivity contribution in [3.05, 3.63) is 83.7 Å². The molecule has 176 valence electrons. The van der Waals surface area contributed by atoms with E-state index in [9.17, 15) is 10.2 Å². The van der Waals surface area contributed by atoms with Crippen LogP contribution in [0.1, 0.15) is 42.5 Å². The Hall–Kier alpha value is -3.30. The van der Waals surface area contributed by atoms with Gasteiger partial charge in [-0.05, 0) is 62.2 Å². The third kappa shape index (κ3) is 4.17. The molecule has 34 heavy (non-hydrogen) atoms. The lowest BCUT2D eigenvalue weighted by atomic mass is 10.0. The molecule has 0 fully saturated rings. The number of fused-ring (bicyclic) bond motifs is 2. The van der Waals surface area contributed by atoms with Crippen LogP contribution in [0.15, 0.2) is 61.3 Å². The molecular weight excluding hydrogens is 428 g/mol. The zero-order valence-corrected chi connectivity index (χ0v) is 19.5. The first kappa shape index (κ1) is 22.5. The van der Waals surface area contributed by atoms with Gasteiger partial charge in [0.2, 0.25) is 0 Å². The highest BCUT2D eigenvalue weighted by Gasteiger charge is 2.37. The molecule has 4 N–H and O–H groups in total. The monoisotopic (exact) mass is 458 g/mol. The fourth-order valence-electron chi connectivity index (χ4n) is 4.47. The van der Waals surface area contributed by atoms with E-state index in [2.05, 4.69) is 40.4 Å². The van der Waals surface area contributed by atoms with E-state index in [0.717, 1.165) is 30.9 Å². The largest absolute Gasteiger partial charge is 0.384 e. The van der Waals surface area contributed by atoms with Crippen molar-refractivity contribution in [2.24, 2.45) is 0 Å². The average molecular weight is 459 g/mol. The zero-order chi connectivity index (χ0) is 23.9. The van der Waals surface area contributed by atoms with Gasteiger partial charge in [-0.3, -0.25) is 5.01 Å². The number of hydrazine groups is 1. The lowest BCUT2D eigenvalue weighted by Crippen LogP contribution is -2.37. The van der Waals surface area contributed by atoms with Crippen LogP contribution >= 0.6 is 0 Å². The quantitative estimate of drug-likeness (QED) is 0.416. The summed E-state index contributed by atoms with van der Waals surface area (Å²) in [5.74, 6) is 1.26. The van der Waals surface area contributed by atoms with Crippen molar-refractivity contribution in [3.8, 4) is 0 Å². The van der Waals surface area contributed by atoms with E-state index < -0.39 is 11.8 Å². The van der Waals surface area contributed by atoms with Gasteiger partial charge in [0.15, 0.2) is 6.23 Å². The highest BCUT2D eigenvalue weighted by atomic mass is 16.3. The minimum absolute atomic E-state index is 0.408. The van der Waals surface area contributed by atoms with Crippen molar-refractivity contribution in [3.63, 3.8) is 0 Å². The Bertz CT molecular complexity index is 1220. The summed E-state index contributed by atoms with van der Waals surface area (Å²) >= 11 is 0. The highest BCUT2D eigenvalue weighted by Crippen LogP contribution is 2.43. The molecule has 2 aliphatic rings. The number of anilines is 4. The van der Waals surface area contributed by atoms with Gasteiger partial charge in [-0.15, -0.1) is 6.58 Å². The summed E-state index contributed by atoms with van der Waals surface area (Å²) in [6, 6.07) is 13.8. The first-order chi connectivity index (χ1) is 16.3. The number of aliphatic hydroxyl groups excluding tert-OH is 1. The molecule has 0 saturated carbocycles. The van der Waals surface area contributed by atoms with Gasteiger partial charge in [0, 0.05) is 36.6 Å². The van der Waals surface area contributed by atoms with E-state index in [4.69, 9.17) is 4.98 Å². The van der Waals surface area contributed by atoms with Crippen LogP contribution in [0.25, 0.3) is 0 Å². The summed E-state index contributed by atoms with van der Waals surface area (Å²) < 4.78 is 0. The molecule has 0 amide bonds. The summed E-state index contributed by atoms with van der Waals surface area (Å²) in [4.78, 5) is 9.26. The summed E-state index contributed by atoms with van der Waals surface area (Å²) in [7, 11) is 0. The second-order valence-electron chi connectivity index (χ2n) is 9.20. The molecule has 4 heterocycles. The van der Waals surface area contributed by atoms with E-state index in [1.165, 1.54) is 11.1 Å². The Labute approximate surface area is 199 Å². The molecule has 5 rings (SSSR count). The molecule has 8 nitrogen and oxygen atoms in total. The van der Waals surface area contributed by atoms with Crippen LogP contribution in [0, 0.1) is 0 Å². The van der Waals surface area contributed by atoms with Gasteiger partial charge in [-0.2, -0.15) is 5.01 Å². The van der Waals surface area contributed by atoms with Crippen LogP contribution in [0.2, 0.25) is 0 Å². The van der Waals surface area contributed by atoms with E-state index in [0.29, 0.717) is 29.4 Å². The fraction of sp³-hybridized carbons (Fsp3) is 0.308. The molecular formula is C26H30N6O2. The minimum atomic E-state index is -1.09. The molecule has 0 radical (unpaired) electrons. The average Bonchev–Trinajstić information content (AvgIpc) is 3.10. The lowest BCUT2D eigenvalue weighted by Gasteiger charge is -2.31. The first-order valence-corrected chi connectivity index (χ1v) is 11.5. The fourth-order valence-corrected chi connectivity index (χ4v) is 4.47. The topological polar surface area (TPSA) is 96.8 Å². The second-order valence-corrected chi connectivity index (χ2v) is 9.20. The number of hydrogen-bond donors (Lipinski definition) is 4. The van der Waals surface area contributed by atoms with Gasteiger partial charge < -0.3 is 20.8 Å². The Morgan fingerprint density at radius 3 is 2.88 bits per heavy atom. The molecule has 0 spiro atoms. The van der Waals surface area contributed by atoms with Crippen LogP contribution < -0.4 is 15.6 Å². The van der Waals surface area contributed by atoms with Crippen molar-refractivity contribution < 1.29 is 10.2 Å². The van der Waals surface area contributed by atoms with Gasteiger partial charge in [-0.1, -0.05) is 18.2 Å². The van der Waals surface area contributed by atoms with Crippen LogP contribution in [0.4, 0.5) is 23.0 Å². The van der Waals surface area contributed by atoms with Crippen molar-refractivity contribution in [2.75, 3.05) is 23.4 Å². The number of hydrogen-bond acceptors (Lipinski definition) is 8. The van der Waals surface area contributed by atoms with Crippen LogP contribution in [0.5, 0.6) is 0 Å². The smallest absolute Gasteiger partial charge is 0.154 e. The number of aliphatic hydroxyl groups is 2. The Morgan fingerprint density at radius 1 is 1.24 bits per heavy atom. The molecule has 0 saturated heterocycles. The van der Waals surface area contributed by atoms with Gasteiger partial charge in [-0.25, -0.2) is 9.97 Å². The Balaban J connectivity index is 1.52. The molecule has 1 aromatic carbocycles. The summed E-state index contributed by atoms with van der Waals surface area (Å²) in [5.41, 5.74) is 4.53. The summed E-state index contributed by atoms with van der Waals surface area (Å²) in [6.07, 6.45) is 3.57. The Morgan fingerprint density at radius 2 is 2.09 bits per heavy atom. The van der Waals surface area contributed by atoms with Gasteiger partial charge in [0.25, 0.3) is 0 Å². The Kier molecular flexibility index (Phi) is 5.83. The second kappa shape index (κ2) is 8.81. The third-order valence-electron chi connectivity index (χ3n) is 6.22. The summed E-state index contributed by atoms with van der Waals surface area (Å²) in [5, 5.41) is 32.0. The van der Waals surface area contributed by atoms with Gasteiger partial charge in [0.1, 0.15) is 17.2 Å². The molecule has 2 aromatic heterocycles. The molecule has 1 atom stereocenters. The number of rotatable bonds is 6. The lowest BCUT2D eigenvalue weighted by molar-refractivity contribution is 0.0245. The molecule has 0 aliphatic carbocycles. The standard InChI is InChI=1S/C26H30N6O2/c1-4-12-31-25(33)20-16-28-23(29-19-9-8-17-10-11-27-15-18(17)13-19)14-21(20)32(31)24-7-5-6-22(30-24)26(2,3)34/h4-9,13-14,16,25,27,33-34H,1,10-12,15H2,2-3H3,(H,28,29). The van der Waals surface area contributed by atoms with Crippen molar-refractivity contribution in [2.45, 2.75) is 38.6 Å².